The Morgan fingerprint density at radius 1 is 1.21 bits per heavy atom. The second-order valence-electron chi connectivity index (χ2n) is 5.54. The summed E-state index contributed by atoms with van der Waals surface area (Å²) in [7, 11) is 0. The van der Waals surface area contributed by atoms with Gasteiger partial charge < -0.3 is 10.6 Å². The van der Waals surface area contributed by atoms with Gasteiger partial charge in [0, 0.05) is 38.6 Å². The minimum absolute atomic E-state index is 0.207. The summed E-state index contributed by atoms with van der Waals surface area (Å²) in [4.78, 5) is 16.5. The molecule has 0 aromatic heterocycles. The van der Waals surface area contributed by atoms with Crippen LogP contribution in [0.5, 0.6) is 0 Å². The van der Waals surface area contributed by atoms with E-state index in [0.29, 0.717) is 13.0 Å². The summed E-state index contributed by atoms with van der Waals surface area (Å²) in [6, 6.07) is 0.207. The van der Waals surface area contributed by atoms with Crippen molar-refractivity contribution in [1.29, 1.82) is 0 Å². The van der Waals surface area contributed by atoms with Gasteiger partial charge in [0.1, 0.15) is 0 Å². The number of carbonyl (C=O) groups excluding carboxylic acids is 1. The molecule has 112 valence electrons. The van der Waals surface area contributed by atoms with E-state index in [9.17, 15) is 4.79 Å². The standard InChI is InChI=1S/C15H31N3O/c1-4-17(5-2)15(19)10-14(11-16)18(6-3)12-13-8-7-9-13/h13-14H,4-12,16H2,1-3H3. The van der Waals surface area contributed by atoms with E-state index < -0.39 is 0 Å². The van der Waals surface area contributed by atoms with Crippen molar-refractivity contribution < 1.29 is 4.79 Å². The molecule has 0 radical (unpaired) electrons. The van der Waals surface area contributed by atoms with Gasteiger partial charge in [0.15, 0.2) is 0 Å². The quantitative estimate of drug-likeness (QED) is 0.693. The molecule has 4 nitrogen and oxygen atoms in total. The lowest BCUT2D eigenvalue weighted by atomic mass is 9.84. The van der Waals surface area contributed by atoms with E-state index in [-0.39, 0.29) is 11.9 Å². The van der Waals surface area contributed by atoms with Gasteiger partial charge >= 0.3 is 0 Å². The van der Waals surface area contributed by atoms with Crippen molar-refractivity contribution in [3.8, 4) is 0 Å². The van der Waals surface area contributed by atoms with Crippen molar-refractivity contribution in [1.82, 2.24) is 9.80 Å². The van der Waals surface area contributed by atoms with Crippen LogP contribution in [0.1, 0.15) is 46.5 Å². The van der Waals surface area contributed by atoms with Crippen molar-refractivity contribution in [2.24, 2.45) is 11.7 Å². The van der Waals surface area contributed by atoms with Gasteiger partial charge in [0.05, 0.1) is 0 Å². The molecule has 1 unspecified atom stereocenters. The zero-order valence-corrected chi connectivity index (χ0v) is 12.9. The highest BCUT2D eigenvalue weighted by Crippen LogP contribution is 2.27. The van der Waals surface area contributed by atoms with Crippen molar-refractivity contribution in [2.45, 2.75) is 52.5 Å². The highest BCUT2D eigenvalue weighted by atomic mass is 16.2. The first kappa shape index (κ1) is 16.4. The molecule has 1 saturated carbocycles. The minimum atomic E-state index is 0.207. The lowest BCUT2D eigenvalue weighted by molar-refractivity contribution is -0.132. The highest BCUT2D eigenvalue weighted by molar-refractivity contribution is 5.76. The van der Waals surface area contributed by atoms with Gasteiger partial charge in [0.2, 0.25) is 5.91 Å². The number of amides is 1. The van der Waals surface area contributed by atoms with Crippen molar-refractivity contribution in [3.05, 3.63) is 0 Å². The molecule has 0 aliphatic heterocycles. The highest BCUT2D eigenvalue weighted by Gasteiger charge is 2.26. The molecular weight excluding hydrogens is 238 g/mol. The van der Waals surface area contributed by atoms with Crippen LogP contribution in [0.4, 0.5) is 0 Å². The topological polar surface area (TPSA) is 49.6 Å². The molecule has 1 aliphatic carbocycles. The van der Waals surface area contributed by atoms with Gasteiger partial charge in [-0.05, 0) is 39.2 Å². The number of rotatable bonds is 9. The number of likely N-dealkylation sites (N-methyl/N-ethyl adjacent to an activating group) is 1. The van der Waals surface area contributed by atoms with E-state index in [4.69, 9.17) is 5.73 Å². The van der Waals surface area contributed by atoms with E-state index in [2.05, 4.69) is 11.8 Å². The first-order valence-corrected chi connectivity index (χ1v) is 7.88. The Labute approximate surface area is 118 Å². The number of carbonyl (C=O) groups is 1. The fraction of sp³-hybridized carbons (Fsp3) is 0.933. The van der Waals surface area contributed by atoms with E-state index in [0.717, 1.165) is 32.1 Å². The van der Waals surface area contributed by atoms with Crippen LogP contribution in [0.2, 0.25) is 0 Å². The molecule has 0 aromatic rings. The maximum atomic E-state index is 12.2. The monoisotopic (exact) mass is 269 g/mol. The minimum Gasteiger partial charge on any atom is -0.343 e. The van der Waals surface area contributed by atoms with E-state index >= 15 is 0 Å². The SMILES string of the molecule is CCN(CC)C(=O)CC(CN)N(CC)CC1CCC1. The third-order valence-corrected chi connectivity index (χ3v) is 4.44. The second kappa shape index (κ2) is 8.54. The smallest absolute Gasteiger partial charge is 0.224 e. The largest absolute Gasteiger partial charge is 0.343 e. The molecule has 1 atom stereocenters. The summed E-state index contributed by atoms with van der Waals surface area (Å²) in [6.07, 6.45) is 4.63. The van der Waals surface area contributed by atoms with Gasteiger partial charge in [0.25, 0.3) is 0 Å². The van der Waals surface area contributed by atoms with E-state index in [1.165, 1.54) is 19.3 Å². The predicted octanol–water partition coefficient (Wildman–Crippen LogP) is 1.69. The summed E-state index contributed by atoms with van der Waals surface area (Å²) in [5.74, 6) is 1.07. The first-order chi connectivity index (χ1) is 9.15. The lowest BCUT2D eigenvalue weighted by Crippen LogP contribution is -2.47. The molecule has 4 heteroatoms. The fourth-order valence-electron chi connectivity index (χ4n) is 2.81. The normalized spacial score (nSPS) is 17.3. The van der Waals surface area contributed by atoms with Gasteiger partial charge in [-0.25, -0.2) is 0 Å². The molecular formula is C15H31N3O. The van der Waals surface area contributed by atoms with Crippen LogP contribution in [0.25, 0.3) is 0 Å². The molecule has 1 fully saturated rings. The van der Waals surface area contributed by atoms with Gasteiger partial charge in [-0.2, -0.15) is 0 Å². The molecule has 2 N–H and O–H groups in total. The van der Waals surface area contributed by atoms with Gasteiger partial charge in [-0.3, -0.25) is 9.69 Å². The fourth-order valence-corrected chi connectivity index (χ4v) is 2.81. The number of hydrogen-bond acceptors (Lipinski definition) is 3. The van der Waals surface area contributed by atoms with Crippen LogP contribution in [-0.2, 0) is 4.79 Å². The van der Waals surface area contributed by atoms with Crippen LogP contribution in [0, 0.1) is 5.92 Å². The Kier molecular flexibility index (Phi) is 7.39. The Morgan fingerprint density at radius 2 is 1.84 bits per heavy atom. The number of nitrogens with two attached hydrogens (primary N) is 1. The zero-order chi connectivity index (χ0) is 14.3. The molecule has 19 heavy (non-hydrogen) atoms. The zero-order valence-electron chi connectivity index (χ0n) is 12.9. The van der Waals surface area contributed by atoms with Crippen molar-refractivity contribution in [3.63, 3.8) is 0 Å². The Balaban J connectivity index is 2.50. The number of nitrogens with zero attached hydrogens (tertiary/aromatic N) is 2. The average molecular weight is 269 g/mol. The maximum Gasteiger partial charge on any atom is 0.224 e. The Morgan fingerprint density at radius 3 is 2.21 bits per heavy atom. The summed E-state index contributed by atoms with van der Waals surface area (Å²) in [5.41, 5.74) is 5.90. The lowest BCUT2D eigenvalue weighted by Gasteiger charge is -2.36. The summed E-state index contributed by atoms with van der Waals surface area (Å²) >= 11 is 0. The van der Waals surface area contributed by atoms with Gasteiger partial charge in [-0.15, -0.1) is 0 Å². The summed E-state index contributed by atoms with van der Waals surface area (Å²) in [6.45, 7) is 10.5. The van der Waals surface area contributed by atoms with Crippen LogP contribution >= 0.6 is 0 Å². The molecule has 1 aliphatic rings. The maximum absolute atomic E-state index is 12.2. The third-order valence-electron chi connectivity index (χ3n) is 4.44. The average Bonchev–Trinajstić information content (AvgIpc) is 2.37. The second-order valence-corrected chi connectivity index (χ2v) is 5.54. The third kappa shape index (κ3) is 4.77. The van der Waals surface area contributed by atoms with Crippen LogP contribution in [0.3, 0.4) is 0 Å². The molecule has 0 bridgehead atoms. The van der Waals surface area contributed by atoms with Crippen LogP contribution < -0.4 is 5.73 Å². The molecule has 0 aromatic carbocycles. The molecule has 0 spiro atoms. The van der Waals surface area contributed by atoms with Crippen molar-refractivity contribution >= 4 is 5.91 Å². The molecule has 1 amide bonds. The Hall–Kier alpha value is -0.610. The molecule has 0 heterocycles. The Bertz CT molecular complexity index is 262. The van der Waals surface area contributed by atoms with E-state index in [1.807, 2.05) is 18.7 Å². The van der Waals surface area contributed by atoms with Gasteiger partial charge in [-0.1, -0.05) is 13.3 Å². The summed E-state index contributed by atoms with van der Waals surface area (Å²) in [5, 5.41) is 0. The van der Waals surface area contributed by atoms with E-state index in [1.54, 1.807) is 0 Å². The molecule has 0 saturated heterocycles. The predicted molar refractivity (Wildman–Crippen MR) is 80.0 cm³/mol. The van der Waals surface area contributed by atoms with Crippen LogP contribution in [0.15, 0.2) is 0 Å². The van der Waals surface area contributed by atoms with Crippen LogP contribution in [-0.4, -0.2) is 54.5 Å². The van der Waals surface area contributed by atoms with Crippen molar-refractivity contribution in [2.75, 3.05) is 32.7 Å². The summed E-state index contributed by atoms with van der Waals surface area (Å²) < 4.78 is 0. The number of hydrogen-bond donors (Lipinski definition) is 1. The molecule has 1 rings (SSSR count). The first-order valence-electron chi connectivity index (χ1n) is 7.88.